The van der Waals surface area contributed by atoms with Crippen LogP contribution in [0, 0.1) is 13.8 Å². The van der Waals surface area contributed by atoms with Crippen LogP contribution in [0.3, 0.4) is 0 Å². The molecule has 0 bridgehead atoms. The normalized spacial score (nSPS) is 10.6. The molecule has 0 fully saturated rings. The smallest absolute Gasteiger partial charge is 0.267 e. The van der Waals surface area contributed by atoms with Crippen LogP contribution in [0.15, 0.2) is 53.6 Å². The molecule has 3 rings (SSSR count). The van der Waals surface area contributed by atoms with Crippen LogP contribution in [-0.2, 0) is 11.3 Å². The molecule has 0 saturated heterocycles. The first-order valence-electron chi connectivity index (χ1n) is 7.49. The van der Waals surface area contributed by atoms with Crippen molar-refractivity contribution in [3.63, 3.8) is 0 Å². The molecule has 0 aliphatic rings. The number of amides is 1. The minimum Gasteiger partial charge on any atom is -0.324 e. The Hall–Kier alpha value is -3.22. The summed E-state index contributed by atoms with van der Waals surface area (Å²) in [5, 5.41) is 11.1. The van der Waals surface area contributed by atoms with Crippen LogP contribution in [0.5, 0.6) is 0 Å². The Morgan fingerprint density at radius 3 is 2.75 bits per heavy atom. The number of carbonyl (C=O) groups is 1. The highest BCUT2D eigenvalue weighted by Gasteiger charge is 2.10. The number of hydrogen-bond acceptors (Lipinski definition) is 4. The summed E-state index contributed by atoms with van der Waals surface area (Å²) in [6, 6.07) is 10.4. The van der Waals surface area contributed by atoms with Crippen molar-refractivity contribution in [1.29, 1.82) is 0 Å². The van der Waals surface area contributed by atoms with Gasteiger partial charge in [-0.15, -0.1) is 5.10 Å². The van der Waals surface area contributed by atoms with Gasteiger partial charge in [0.05, 0.1) is 0 Å². The SMILES string of the molecule is Cc1cccc(NC(=O)Cn2nc(-n3cccn3)ccc2=O)c1C. The lowest BCUT2D eigenvalue weighted by Gasteiger charge is -2.11. The molecule has 0 radical (unpaired) electrons. The van der Waals surface area contributed by atoms with Crippen LogP contribution < -0.4 is 10.9 Å². The zero-order valence-corrected chi connectivity index (χ0v) is 13.4. The van der Waals surface area contributed by atoms with Crippen LogP contribution in [0.1, 0.15) is 11.1 Å². The Morgan fingerprint density at radius 1 is 1.17 bits per heavy atom. The number of benzene rings is 1. The van der Waals surface area contributed by atoms with Crippen LogP contribution in [0.4, 0.5) is 5.69 Å². The highest BCUT2D eigenvalue weighted by Crippen LogP contribution is 2.17. The maximum atomic E-state index is 12.3. The van der Waals surface area contributed by atoms with Crippen LogP contribution in [0.2, 0.25) is 0 Å². The molecule has 0 spiro atoms. The number of nitrogens with one attached hydrogen (secondary N) is 1. The minimum absolute atomic E-state index is 0.165. The third-order valence-electron chi connectivity index (χ3n) is 3.76. The van der Waals surface area contributed by atoms with E-state index in [4.69, 9.17) is 0 Å². The summed E-state index contributed by atoms with van der Waals surface area (Å²) < 4.78 is 2.65. The third kappa shape index (κ3) is 3.24. The molecule has 122 valence electrons. The first-order chi connectivity index (χ1) is 11.5. The molecule has 7 heteroatoms. The summed E-state index contributed by atoms with van der Waals surface area (Å²) in [5.74, 6) is 0.162. The standard InChI is InChI=1S/C17H17N5O2/c1-12-5-3-6-14(13(12)2)19-16(23)11-22-17(24)8-7-15(20-22)21-10-4-9-18-21/h3-10H,11H2,1-2H3,(H,19,23). The summed E-state index contributed by atoms with van der Waals surface area (Å²) in [5.41, 5.74) is 2.47. The van der Waals surface area contributed by atoms with Crippen molar-refractivity contribution in [1.82, 2.24) is 19.6 Å². The second kappa shape index (κ2) is 6.49. The van der Waals surface area contributed by atoms with E-state index in [1.54, 1.807) is 24.5 Å². The van der Waals surface area contributed by atoms with E-state index in [1.165, 1.54) is 10.7 Å². The number of rotatable bonds is 4. The molecule has 24 heavy (non-hydrogen) atoms. The highest BCUT2D eigenvalue weighted by molar-refractivity contribution is 5.91. The van der Waals surface area contributed by atoms with E-state index < -0.39 is 0 Å². The molecule has 0 saturated carbocycles. The monoisotopic (exact) mass is 323 g/mol. The fourth-order valence-electron chi connectivity index (χ4n) is 2.29. The average Bonchev–Trinajstić information content (AvgIpc) is 3.08. The predicted octanol–water partition coefficient (Wildman–Crippen LogP) is 1.68. The van der Waals surface area contributed by atoms with Gasteiger partial charge < -0.3 is 5.32 Å². The van der Waals surface area contributed by atoms with Gasteiger partial charge in [0, 0.05) is 24.1 Å². The molecule has 0 aliphatic heterocycles. The van der Waals surface area contributed by atoms with Gasteiger partial charge >= 0.3 is 0 Å². The molecule has 1 amide bonds. The summed E-state index contributed by atoms with van der Waals surface area (Å²) in [6.07, 6.45) is 3.33. The van der Waals surface area contributed by atoms with Crippen LogP contribution in [-0.4, -0.2) is 25.5 Å². The summed E-state index contributed by atoms with van der Waals surface area (Å²) in [7, 11) is 0. The van der Waals surface area contributed by atoms with E-state index in [1.807, 2.05) is 32.0 Å². The number of hydrogen-bond donors (Lipinski definition) is 1. The van der Waals surface area contributed by atoms with Crippen molar-refractivity contribution in [2.24, 2.45) is 0 Å². The van der Waals surface area contributed by atoms with E-state index in [2.05, 4.69) is 15.5 Å². The molecule has 3 aromatic rings. The second-order valence-electron chi connectivity index (χ2n) is 5.43. The van der Waals surface area contributed by atoms with E-state index in [-0.39, 0.29) is 18.0 Å². The fraction of sp³-hybridized carbons (Fsp3) is 0.176. The molecule has 2 heterocycles. The number of nitrogens with zero attached hydrogens (tertiary/aromatic N) is 4. The topological polar surface area (TPSA) is 81.8 Å². The maximum absolute atomic E-state index is 12.3. The Labute approximate surface area is 138 Å². The lowest BCUT2D eigenvalue weighted by atomic mass is 10.1. The van der Waals surface area contributed by atoms with Crippen molar-refractivity contribution in [3.05, 3.63) is 70.3 Å². The lowest BCUT2D eigenvalue weighted by molar-refractivity contribution is -0.117. The van der Waals surface area contributed by atoms with Gasteiger partial charge in [0.15, 0.2) is 5.82 Å². The number of aryl methyl sites for hydroxylation is 1. The zero-order chi connectivity index (χ0) is 17.1. The first kappa shape index (κ1) is 15.7. The summed E-state index contributed by atoms with van der Waals surface area (Å²) in [6.45, 7) is 3.75. The lowest BCUT2D eigenvalue weighted by Crippen LogP contribution is -2.30. The molecule has 1 N–H and O–H groups in total. The summed E-state index contributed by atoms with van der Waals surface area (Å²) >= 11 is 0. The first-order valence-corrected chi connectivity index (χ1v) is 7.49. The van der Waals surface area contributed by atoms with Gasteiger partial charge in [-0.2, -0.15) is 5.10 Å². The van der Waals surface area contributed by atoms with Gasteiger partial charge in [0.1, 0.15) is 6.54 Å². The third-order valence-corrected chi connectivity index (χ3v) is 3.76. The second-order valence-corrected chi connectivity index (χ2v) is 5.43. The van der Waals surface area contributed by atoms with Gasteiger partial charge in [-0.25, -0.2) is 9.36 Å². The predicted molar refractivity (Wildman–Crippen MR) is 90.2 cm³/mol. The van der Waals surface area contributed by atoms with Crippen molar-refractivity contribution >= 4 is 11.6 Å². The van der Waals surface area contributed by atoms with E-state index in [9.17, 15) is 9.59 Å². The van der Waals surface area contributed by atoms with Crippen LogP contribution >= 0.6 is 0 Å². The molecule has 0 atom stereocenters. The number of anilines is 1. The molecule has 0 aliphatic carbocycles. The Morgan fingerprint density at radius 2 is 2.00 bits per heavy atom. The van der Waals surface area contributed by atoms with Crippen molar-refractivity contribution in [2.45, 2.75) is 20.4 Å². The molecule has 7 nitrogen and oxygen atoms in total. The summed E-state index contributed by atoms with van der Waals surface area (Å²) in [4.78, 5) is 24.2. The Kier molecular flexibility index (Phi) is 4.24. The van der Waals surface area contributed by atoms with E-state index >= 15 is 0 Å². The molecule has 0 unspecified atom stereocenters. The van der Waals surface area contributed by atoms with Crippen molar-refractivity contribution in [3.8, 4) is 5.82 Å². The van der Waals surface area contributed by atoms with Gasteiger partial charge in [-0.1, -0.05) is 12.1 Å². The zero-order valence-electron chi connectivity index (χ0n) is 13.4. The van der Waals surface area contributed by atoms with E-state index in [0.717, 1.165) is 21.5 Å². The Balaban J connectivity index is 1.80. The van der Waals surface area contributed by atoms with Crippen LogP contribution in [0.25, 0.3) is 5.82 Å². The minimum atomic E-state index is -0.345. The molecular formula is C17H17N5O2. The van der Waals surface area contributed by atoms with Gasteiger partial charge in [-0.05, 0) is 43.2 Å². The Bertz CT molecular complexity index is 928. The van der Waals surface area contributed by atoms with Crippen molar-refractivity contribution < 1.29 is 4.79 Å². The molecular weight excluding hydrogens is 306 g/mol. The highest BCUT2D eigenvalue weighted by atomic mass is 16.2. The average molecular weight is 323 g/mol. The number of aromatic nitrogens is 4. The largest absolute Gasteiger partial charge is 0.324 e. The maximum Gasteiger partial charge on any atom is 0.267 e. The fourth-order valence-corrected chi connectivity index (χ4v) is 2.29. The molecule has 2 aromatic heterocycles. The van der Waals surface area contributed by atoms with Crippen molar-refractivity contribution in [2.75, 3.05) is 5.32 Å². The molecule has 1 aromatic carbocycles. The van der Waals surface area contributed by atoms with Gasteiger partial charge in [0.25, 0.3) is 5.56 Å². The van der Waals surface area contributed by atoms with E-state index in [0.29, 0.717) is 5.82 Å². The number of carbonyl (C=O) groups excluding carboxylic acids is 1. The quantitative estimate of drug-likeness (QED) is 0.792. The van der Waals surface area contributed by atoms with Gasteiger partial charge in [-0.3, -0.25) is 9.59 Å². The van der Waals surface area contributed by atoms with Gasteiger partial charge in [0.2, 0.25) is 5.91 Å².